The van der Waals surface area contributed by atoms with Crippen molar-refractivity contribution in [3.8, 4) is 0 Å². The lowest BCUT2D eigenvalue weighted by Gasteiger charge is -2.10. The molecule has 0 saturated carbocycles. The lowest BCUT2D eigenvalue weighted by atomic mass is 10.0. The van der Waals surface area contributed by atoms with E-state index in [0.717, 1.165) is 27.9 Å². The first kappa shape index (κ1) is 15.1. The van der Waals surface area contributed by atoms with Gasteiger partial charge in [0.05, 0.1) is 0 Å². The predicted octanol–water partition coefficient (Wildman–Crippen LogP) is 3.56. The Kier molecular flexibility index (Phi) is 4.99. The Morgan fingerprint density at radius 2 is 1.76 bits per heavy atom. The monoisotopic (exact) mass is 283 g/mol. The van der Waals surface area contributed by atoms with Gasteiger partial charge in [-0.25, -0.2) is 0 Å². The van der Waals surface area contributed by atoms with Crippen LogP contribution in [0.15, 0.2) is 42.5 Å². The zero-order chi connectivity index (χ0) is 15.2. The van der Waals surface area contributed by atoms with Crippen molar-refractivity contribution in [2.45, 2.75) is 33.3 Å². The summed E-state index contributed by atoms with van der Waals surface area (Å²) in [7, 11) is 0. The van der Waals surface area contributed by atoms with Crippen molar-refractivity contribution in [1.29, 1.82) is 0 Å². The summed E-state index contributed by atoms with van der Waals surface area (Å²) in [5.41, 5.74) is 10.9. The first-order chi connectivity index (χ1) is 10.1. The molecule has 0 bridgehead atoms. The van der Waals surface area contributed by atoms with Crippen LogP contribution >= 0.6 is 0 Å². The largest absolute Gasteiger partial charge is 0.461 e. The highest BCUT2D eigenvalue weighted by atomic mass is 16.5. The van der Waals surface area contributed by atoms with Crippen molar-refractivity contribution in [2.24, 2.45) is 0 Å². The maximum absolute atomic E-state index is 11.8. The second-order valence-electron chi connectivity index (χ2n) is 5.28. The highest BCUT2D eigenvalue weighted by Gasteiger charge is 2.07. The maximum atomic E-state index is 11.8. The molecule has 0 amide bonds. The topological polar surface area (TPSA) is 52.3 Å². The van der Waals surface area contributed by atoms with Gasteiger partial charge in [-0.2, -0.15) is 0 Å². The maximum Gasteiger partial charge on any atom is 0.306 e. The van der Waals surface area contributed by atoms with Crippen LogP contribution in [0.1, 0.15) is 28.7 Å². The van der Waals surface area contributed by atoms with Crippen molar-refractivity contribution in [3.05, 3.63) is 64.7 Å². The lowest BCUT2D eigenvalue weighted by Crippen LogP contribution is -2.07. The van der Waals surface area contributed by atoms with E-state index < -0.39 is 0 Å². The van der Waals surface area contributed by atoms with Crippen LogP contribution in [0.2, 0.25) is 0 Å². The Balaban J connectivity index is 1.85. The van der Waals surface area contributed by atoms with Crippen molar-refractivity contribution in [2.75, 3.05) is 5.73 Å². The van der Waals surface area contributed by atoms with Crippen molar-refractivity contribution >= 4 is 11.7 Å². The average molecular weight is 283 g/mol. The molecule has 0 heterocycles. The van der Waals surface area contributed by atoms with E-state index in [-0.39, 0.29) is 5.97 Å². The van der Waals surface area contributed by atoms with E-state index in [1.54, 1.807) is 0 Å². The molecule has 0 saturated heterocycles. The van der Waals surface area contributed by atoms with Gasteiger partial charge >= 0.3 is 5.97 Å². The molecule has 0 atom stereocenters. The number of hydrogen-bond acceptors (Lipinski definition) is 3. The van der Waals surface area contributed by atoms with E-state index in [4.69, 9.17) is 10.5 Å². The normalized spacial score (nSPS) is 10.4. The van der Waals surface area contributed by atoms with Crippen LogP contribution in [0.5, 0.6) is 0 Å². The number of anilines is 1. The first-order valence-electron chi connectivity index (χ1n) is 7.11. The Morgan fingerprint density at radius 3 is 2.43 bits per heavy atom. The third-order valence-electron chi connectivity index (χ3n) is 3.59. The van der Waals surface area contributed by atoms with Gasteiger partial charge in [0, 0.05) is 12.1 Å². The molecule has 2 N–H and O–H groups in total. The summed E-state index contributed by atoms with van der Waals surface area (Å²) in [4.78, 5) is 11.8. The van der Waals surface area contributed by atoms with Crippen LogP contribution in [0.25, 0.3) is 0 Å². The quantitative estimate of drug-likeness (QED) is 0.674. The fourth-order valence-corrected chi connectivity index (χ4v) is 2.30. The minimum absolute atomic E-state index is 0.180. The molecular weight excluding hydrogens is 262 g/mol. The Labute approximate surface area is 125 Å². The van der Waals surface area contributed by atoms with Gasteiger partial charge in [0.2, 0.25) is 0 Å². The number of carbonyl (C=O) groups is 1. The predicted molar refractivity (Wildman–Crippen MR) is 84.9 cm³/mol. The molecule has 0 radical (unpaired) electrons. The first-order valence-corrected chi connectivity index (χ1v) is 7.11. The SMILES string of the molecule is Cc1cccc(C)c1COC(=O)CCc1cccc(N)c1. The molecule has 0 spiro atoms. The van der Waals surface area contributed by atoms with Gasteiger partial charge in [0.1, 0.15) is 6.61 Å². The van der Waals surface area contributed by atoms with Gasteiger partial charge in [-0.05, 0) is 54.7 Å². The van der Waals surface area contributed by atoms with E-state index >= 15 is 0 Å². The Hall–Kier alpha value is -2.29. The molecule has 0 aliphatic rings. The number of nitrogen functional groups attached to an aromatic ring is 1. The molecule has 21 heavy (non-hydrogen) atoms. The van der Waals surface area contributed by atoms with Gasteiger partial charge in [0.25, 0.3) is 0 Å². The summed E-state index contributed by atoms with van der Waals surface area (Å²) >= 11 is 0. The van der Waals surface area contributed by atoms with Crippen LogP contribution in [0.3, 0.4) is 0 Å². The summed E-state index contributed by atoms with van der Waals surface area (Å²) in [6.45, 7) is 4.40. The summed E-state index contributed by atoms with van der Waals surface area (Å²) < 4.78 is 5.37. The number of hydrogen-bond donors (Lipinski definition) is 1. The molecule has 3 nitrogen and oxygen atoms in total. The number of esters is 1. The molecule has 0 unspecified atom stereocenters. The van der Waals surface area contributed by atoms with Crippen molar-refractivity contribution in [1.82, 2.24) is 0 Å². The standard InChI is InChI=1S/C18H21NO2/c1-13-5-3-6-14(2)17(13)12-21-18(20)10-9-15-7-4-8-16(19)11-15/h3-8,11H,9-10,12,19H2,1-2H3. The minimum Gasteiger partial charge on any atom is -0.461 e. The Morgan fingerprint density at radius 1 is 1.10 bits per heavy atom. The molecule has 0 aliphatic heterocycles. The highest BCUT2D eigenvalue weighted by Crippen LogP contribution is 2.15. The van der Waals surface area contributed by atoms with Gasteiger partial charge in [-0.1, -0.05) is 30.3 Å². The molecule has 0 aliphatic carbocycles. The van der Waals surface area contributed by atoms with Gasteiger partial charge in [0.15, 0.2) is 0 Å². The van der Waals surface area contributed by atoms with Crippen LogP contribution in [-0.2, 0) is 22.6 Å². The second-order valence-corrected chi connectivity index (χ2v) is 5.28. The fraction of sp³-hybridized carbons (Fsp3) is 0.278. The average Bonchev–Trinajstić information content (AvgIpc) is 2.45. The number of rotatable bonds is 5. The van der Waals surface area contributed by atoms with Crippen LogP contribution in [0.4, 0.5) is 5.69 Å². The molecule has 110 valence electrons. The van der Waals surface area contributed by atoms with Gasteiger partial charge in [-0.15, -0.1) is 0 Å². The third kappa shape index (κ3) is 4.35. The highest BCUT2D eigenvalue weighted by molar-refractivity contribution is 5.69. The fourth-order valence-electron chi connectivity index (χ4n) is 2.30. The molecule has 2 aromatic carbocycles. The zero-order valence-corrected chi connectivity index (χ0v) is 12.6. The van der Waals surface area contributed by atoms with Crippen LogP contribution in [-0.4, -0.2) is 5.97 Å². The van der Waals surface area contributed by atoms with Crippen molar-refractivity contribution < 1.29 is 9.53 Å². The molecule has 3 heteroatoms. The third-order valence-corrected chi connectivity index (χ3v) is 3.59. The number of ether oxygens (including phenoxy) is 1. The van der Waals surface area contributed by atoms with Gasteiger partial charge < -0.3 is 10.5 Å². The number of aryl methyl sites for hydroxylation is 3. The molecule has 2 aromatic rings. The zero-order valence-electron chi connectivity index (χ0n) is 12.6. The molecule has 0 aromatic heterocycles. The van der Waals surface area contributed by atoms with Crippen LogP contribution in [0, 0.1) is 13.8 Å². The van der Waals surface area contributed by atoms with E-state index in [1.807, 2.05) is 56.3 Å². The molecular formula is C18H21NO2. The minimum atomic E-state index is -0.180. The summed E-state index contributed by atoms with van der Waals surface area (Å²) in [5.74, 6) is -0.180. The van der Waals surface area contributed by atoms with E-state index in [0.29, 0.717) is 19.4 Å². The molecule has 2 rings (SSSR count). The Bertz CT molecular complexity index is 615. The van der Waals surface area contributed by atoms with Crippen molar-refractivity contribution in [3.63, 3.8) is 0 Å². The summed E-state index contributed by atoms with van der Waals surface area (Å²) in [5, 5.41) is 0. The summed E-state index contributed by atoms with van der Waals surface area (Å²) in [6.07, 6.45) is 1.02. The lowest BCUT2D eigenvalue weighted by molar-refractivity contribution is -0.144. The summed E-state index contributed by atoms with van der Waals surface area (Å²) in [6, 6.07) is 13.7. The van der Waals surface area contributed by atoms with Crippen LogP contribution < -0.4 is 5.73 Å². The smallest absolute Gasteiger partial charge is 0.306 e. The molecule has 0 fully saturated rings. The van der Waals surface area contributed by atoms with E-state index in [9.17, 15) is 4.79 Å². The number of nitrogens with two attached hydrogens (primary N) is 1. The number of benzene rings is 2. The number of carbonyl (C=O) groups excluding carboxylic acids is 1. The van der Waals surface area contributed by atoms with E-state index in [1.165, 1.54) is 0 Å². The second kappa shape index (κ2) is 6.93. The van der Waals surface area contributed by atoms with E-state index in [2.05, 4.69) is 0 Å². The van der Waals surface area contributed by atoms with Gasteiger partial charge in [-0.3, -0.25) is 4.79 Å².